The van der Waals surface area contributed by atoms with Crippen molar-refractivity contribution in [1.82, 2.24) is 10.3 Å². The molecule has 0 amide bonds. The molecule has 106 valence electrons. The van der Waals surface area contributed by atoms with Crippen LogP contribution in [0.15, 0.2) is 33.2 Å². The normalized spacial score (nSPS) is 16.9. The molecule has 1 N–H and O–H groups in total. The first kappa shape index (κ1) is 13.8. The summed E-state index contributed by atoms with van der Waals surface area (Å²) in [5.74, 6) is 1.69. The van der Waals surface area contributed by atoms with Gasteiger partial charge in [-0.3, -0.25) is 5.32 Å². The highest BCUT2D eigenvalue weighted by atomic mass is 79.9. The molecule has 0 unspecified atom stereocenters. The second kappa shape index (κ2) is 5.34. The van der Waals surface area contributed by atoms with E-state index >= 15 is 0 Å². The molecule has 1 aliphatic carbocycles. The van der Waals surface area contributed by atoms with Gasteiger partial charge in [0.25, 0.3) is 0 Å². The molecule has 1 aliphatic rings. The van der Waals surface area contributed by atoms with Crippen LogP contribution >= 0.6 is 15.9 Å². The van der Waals surface area contributed by atoms with E-state index in [1.807, 2.05) is 13.8 Å². The molecule has 4 heteroatoms. The Morgan fingerprint density at radius 3 is 2.70 bits per heavy atom. The van der Waals surface area contributed by atoms with Gasteiger partial charge in [-0.05, 0) is 50.8 Å². The largest absolute Gasteiger partial charge is 0.444 e. The van der Waals surface area contributed by atoms with Gasteiger partial charge >= 0.3 is 0 Å². The molecule has 0 atom stereocenters. The molecular weight excluding hydrogens is 316 g/mol. The maximum atomic E-state index is 5.66. The Hall–Kier alpha value is -1.13. The number of benzene rings is 1. The van der Waals surface area contributed by atoms with Gasteiger partial charge in [-0.2, -0.15) is 0 Å². The standard InChI is InChI=1S/C16H19BrN2O/c1-11-12(2)20-15(19-11)10-18-16(7-4-8-16)13-5-3-6-14(17)9-13/h3,5-6,9,18H,4,7-8,10H2,1-2H3. The highest BCUT2D eigenvalue weighted by molar-refractivity contribution is 9.10. The number of oxazole rings is 1. The second-order valence-corrected chi connectivity index (χ2v) is 6.46. The lowest BCUT2D eigenvalue weighted by molar-refractivity contribution is 0.177. The summed E-state index contributed by atoms with van der Waals surface area (Å²) >= 11 is 3.56. The second-order valence-electron chi connectivity index (χ2n) is 5.55. The van der Waals surface area contributed by atoms with Gasteiger partial charge in [-0.15, -0.1) is 0 Å². The molecule has 3 rings (SSSR count). The molecule has 1 saturated carbocycles. The predicted octanol–water partition coefficient (Wildman–Crippen LogP) is 4.22. The molecule has 0 bridgehead atoms. The van der Waals surface area contributed by atoms with Crippen molar-refractivity contribution < 1.29 is 4.42 Å². The van der Waals surface area contributed by atoms with E-state index in [1.165, 1.54) is 24.8 Å². The van der Waals surface area contributed by atoms with E-state index in [2.05, 4.69) is 50.5 Å². The van der Waals surface area contributed by atoms with Gasteiger partial charge in [0, 0.05) is 10.0 Å². The lowest BCUT2D eigenvalue weighted by Crippen LogP contribution is -2.47. The van der Waals surface area contributed by atoms with Crippen molar-refractivity contribution in [3.05, 3.63) is 51.6 Å². The zero-order chi connectivity index (χ0) is 14.2. The summed E-state index contributed by atoms with van der Waals surface area (Å²) in [6, 6.07) is 8.57. The maximum absolute atomic E-state index is 5.66. The molecule has 0 aliphatic heterocycles. The first-order valence-corrected chi connectivity index (χ1v) is 7.82. The van der Waals surface area contributed by atoms with Crippen molar-refractivity contribution in [3.63, 3.8) is 0 Å². The van der Waals surface area contributed by atoms with Gasteiger partial charge in [-0.1, -0.05) is 28.1 Å². The molecular formula is C16H19BrN2O. The number of rotatable bonds is 4. The Balaban J connectivity index is 1.76. The molecule has 2 aromatic rings. The van der Waals surface area contributed by atoms with Gasteiger partial charge in [0.2, 0.25) is 5.89 Å². The third-order valence-corrected chi connectivity index (χ3v) is 4.73. The highest BCUT2D eigenvalue weighted by Gasteiger charge is 2.38. The first-order chi connectivity index (χ1) is 9.59. The van der Waals surface area contributed by atoms with Crippen LogP contribution in [0.1, 0.15) is 42.2 Å². The smallest absolute Gasteiger partial charge is 0.208 e. The number of aryl methyl sites for hydroxylation is 2. The number of hydrogen-bond acceptors (Lipinski definition) is 3. The van der Waals surface area contributed by atoms with E-state index in [-0.39, 0.29) is 5.54 Å². The van der Waals surface area contributed by atoms with E-state index in [1.54, 1.807) is 0 Å². The minimum absolute atomic E-state index is 0.0834. The molecule has 0 saturated heterocycles. The summed E-state index contributed by atoms with van der Waals surface area (Å²) in [4.78, 5) is 4.44. The molecule has 1 heterocycles. The quantitative estimate of drug-likeness (QED) is 0.909. The Labute approximate surface area is 127 Å². The Morgan fingerprint density at radius 1 is 1.35 bits per heavy atom. The van der Waals surface area contributed by atoms with Crippen molar-refractivity contribution >= 4 is 15.9 Å². The van der Waals surface area contributed by atoms with Crippen molar-refractivity contribution in [2.75, 3.05) is 0 Å². The predicted molar refractivity (Wildman–Crippen MR) is 82.5 cm³/mol. The zero-order valence-corrected chi connectivity index (χ0v) is 13.5. The number of nitrogens with one attached hydrogen (secondary N) is 1. The summed E-state index contributed by atoms with van der Waals surface area (Å²) in [5.41, 5.74) is 2.41. The highest BCUT2D eigenvalue weighted by Crippen LogP contribution is 2.42. The van der Waals surface area contributed by atoms with Crippen molar-refractivity contribution in [3.8, 4) is 0 Å². The summed E-state index contributed by atoms with van der Waals surface area (Å²) in [7, 11) is 0. The van der Waals surface area contributed by atoms with Crippen LogP contribution in [0.5, 0.6) is 0 Å². The maximum Gasteiger partial charge on any atom is 0.208 e. The van der Waals surface area contributed by atoms with Crippen LogP contribution in [-0.2, 0) is 12.1 Å². The first-order valence-electron chi connectivity index (χ1n) is 7.03. The minimum atomic E-state index is 0.0834. The van der Waals surface area contributed by atoms with Crippen LogP contribution in [0.25, 0.3) is 0 Å². The minimum Gasteiger partial charge on any atom is -0.444 e. The average Bonchev–Trinajstić information content (AvgIpc) is 2.68. The van der Waals surface area contributed by atoms with E-state index in [0.29, 0.717) is 6.54 Å². The Bertz CT molecular complexity index is 597. The van der Waals surface area contributed by atoms with Crippen LogP contribution in [0.4, 0.5) is 0 Å². The van der Waals surface area contributed by atoms with Crippen molar-refractivity contribution in [2.24, 2.45) is 0 Å². The van der Waals surface area contributed by atoms with Gasteiger partial charge in [0.05, 0.1) is 12.2 Å². The molecule has 1 aromatic carbocycles. The average molecular weight is 335 g/mol. The van der Waals surface area contributed by atoms with Crippen LogP contribution < -0.4 is 5.32 Å². The van der Waals surface area contributed by atoms with Crippen LogP contribution in [-0.4, -0.2) is 4.98 Å². The molecule has 1 aromatic heterocycles. The Morgan fingerprint density at radius 2 is 2.15 bits per heavy atom. The fourth-order valence-corrected chi connectivity index (χ4v) is 3.14. The van der Waals surface area contributed by atoms with E-state index < -0.39 is 0 Å². The lowest BCUT2D eigenvalue weighted by atomic mass is 9.72. The number of hydrogen-bond donors (Lipinski definition) is 1. The van der Waals surface area contributed by atoms with Gasteiger partial charge in [0.1, 0.15) is 5.76 Å². The number of halogens is 1. The van der Waals surface area contributed by atoms with Crippen LogP contribution in [0.2, 0.25) is 0 Å². The Kier molecular flexibility index (Phi) is 3.69. The molecule has 20 heavy (non-hydrogen) atoms. The third kappa shape index (κ3) is 2.54. The number of nitrogens with zero attached hydrogens (tertiary/aromatic N) is 1. The monoisotopic (exact) mass is 334 g/mol. The molecule has 0 spiro atoms. The van der Waals surface area contributed by atoms with Crippen LogP contribution in [0, 0.1) is 13.8 Å². The fraction of sp³-hybridized carbons (Fsp3) is 0.438. The van der Waals surface area contributed by atoms with E-state index in [9.17, 15) is 0 Å². The molecule has 1 fully saturated rings. The fourth-order valence-electron chi connectivity index (χ4n) is 2.74. The topological polar surface area (TPSA) is 38.1 Å². The van der Waals surface area contributed by atoms with Crippen molar-refractivity contribution in [1.29, 1.82) is 0 Å². The molecule has 3 nitrogen and oxygen atoms in total. The van der Waals surface area contributed by atoms with E-state index in [4.69, 9.17) is 4.42 Å². The summed E-state index contributed by atoms with van der Waals surface area (Å²) < 4.78 is 6.79. The van der Waals surface area contributed by atoms with Crippen LogP contribution in [0.3, 0.4) is 0 Å². The third-order valence-electron chi connectivity index (χ3n) is 4.24. The van der Waals surface area contributed by atoms with Gasteiger partial charge < -0.3 is 4.42 Å². The zero-order valence-electron chi connectivity index (χ0n) is 11.9. The van der Waals surface area contributed by atoms with E-state index in [0.717, 1.165) is 21.8 Å². The van der Waals surface area contributed by atoms with Crippen molar-refractivity contribution in [2.45, 2.75) is 45.2 Å². The lowest BCUT2D eigenvalue weighted by Gasteiger charge is -2.43. The summed E-state index contributed by atoms with van der Waals surface area (Å²) in [6.45, 7) is 4.62. The number of aromatic nitrogens is 1. The summed E-state index contributed by atoms with van der Waals surface area (Å²) in [6.07, 6.45) is 3.60. The molecule has 0 radical (unpaired) electrons. The summed E-state index contributed by atoms with van der Waals surface area (Å²) in [5, 5.41) is 3.66. The van der Waals surface area contributed by atoms with Gasteiger partial charge in [-0.25, -0.2) is 4.98 Å². The SMILES string of the molecule is Cc1nc(CNC2(c3cccc(Br)c3)CCC2)oc1C. The van der Waals surface area contributed by atoms with Gasteiger partial charge in [0.15, 0.2) is 0 Å².